The molecule has 0 radical (unpaired) electrons. The van der Waals surface area contributed by atoms with Crippen LogP contribution in [0.2, 0.25) is 5.02 Å². The second-order valence-electron chi connectivity index (χ2n) is 4.01. The van der Waals surface area contributed by atoms with E-state index in [4.69, 9.17) is 17.4 Å². The van der Waals surface area contributed by atoms with Crippen LogP contribution in [0.25, 0.3) is 0 Å². The Kier molecular flexibility index (Phi) is 3.24. The van der Waals surface area contributed by atoms with Crippen molar-refractivity contribution in [2.24, 2.45) is 11.8 Å². The van der Waals surface area contributed by atoms with Crippen LogP contribution in [0.1, 0.15) is 30.9 Å². The van der Waals surface area contributed by atoms with E-state index in [0.29, 0.717) is 5.92 Å². The van der Waals surface area contributed by atoms with Crippen LogP contribution in [0.3, 0.4) is 0 Å². The zero-order valence-corrected chi connectivity index (χ0v) is 9.10. The highest BCUT2D eigenvalue weighted by Gasteiger charge is 2.27. The van der Waals surface area contributed by atoms with Gasteiger partial charge in [-0.25, -0.2) is 4.39 Å². The summed E-state index contributed by atoms with van der Waals surface area (Å²) in [4.78, 5) is 0. The van der Waals surface area contributed by atoms with Crippen LogP contribution >= 0.6 is 11.6 Å². The first kappa shape index (κ1) is 10.9. The first-order chi connectivity index (χ1) is 7.22. The number of halogens is 2. The van der Waals surface area contributed by atoms with Crippen molar-refractivity contribution in [1.29, 1.82) is 0 Å². The first-order valence-corrected chi connectivity index (χ1v) is 5.51. The Bertz CT molecular complexity index is 352. The molecule has 0 spiro atoms. The van der Waals surface area contributed by atoms with Crippen molar-refractivity contribution in [3.8, 4) is 0 Å². The summed E-state index contributed by atoms with van der Waals surface area (Å²) in [5.74, 6) is 5.64. The Balaban J connectivity index is 2.21. The molecule has 1 aromatic rings. The fourth-order valence-corrected chi connectivity index (χ4v) is 2.10. The summed E-state index contributed by atoms with van der Waals surface area (Å²) in [6, 6.07) is 4.92. The van der Waals surface area contributed by atoms with Crippen molar-refractivity contribution < 1.29 is 4.39 Å². The third-order valence-corrected chi connectivity index (χ3v) is 3.41. The molecule has 0 aromatic heterocycles. The molecule has 4 heteroatoms. The number of nitrogens with one attached hydrogen (secondary N) is 1. The molecule has 0 heterocycles. The van der Waals surface area contributed by atoms with Crippen molar-refractivity contribution in [3.63, 3.8) is 0 Å². The van der Waals surface area contributed by atoms with Crippen molar-refractivity contribution in [2.75, 3.05) is 0 Å². The van der Waals surface area contributed by atoms with E-state index in [2.05, 4.69) is 5.43 Å². The van der Waals surface area contributed by atoms with Gasteiger partial charge in [0, 0.05) is 6.04 Å². The minimum atomic E-state index is -0.381. The Morgan fingerprint density at radius 2 is 2.20 bits per heavy atom. The van der Waals surface area contributed by atoms with Crippen LogP contribution in [0.4, 0.5) is 4.39 Å². The van der Waals surface area contributed by atoms with E-state index in [9.17, 15) is 4.39 Å². The van der Waals surface area contributed by atoms with Gasteiger partial charge in [0.25, 0.3) is 0 Å². The molecular weight excluding hydrogens is 215 g/mol. The Morgan fingerprint density at radius 3 is 2.67 bits per heavy atom. The molecule has 2 rings (SSSR count). The van der Waals surface area contributed by atoms with Crippen LogP contribution in [0, 0.1) is 11.7 Å². The molecule has 1 aromatic carbocycles. The molecule has 0 saturated heterocycles. The zero-order chi connectivity index (χ0) is 10.8. The fraction of sp³-hybridized carbons (Fsp3) is 0.455. The van der Waals surface area contributed by atoms with E-state index in [1.807, 2.05) is 6.07 Å². The molecule has 0 aliphatic heterocycles. The summed E-state index contributed by atoms with van der Waals surface area (Å²) in [6.45, 7) is 0. The van der Waals surface area contributed by atoms with Gasteiger partial charge in [0.1, 0.15) is 5.82 Å². The lowest BCUT2D eigenvalue weighted by Gasteiger charge is -2.33. The number of benzene rings is 1. The molecule has 1 aliphatic rings. The lowest BCUT2D eigenvalue weighted by atomic mass is 9.77. The monoisotopic (exact) mass is 228 g/mol. The van der Waals surface area contributed by atoms with Crippen LogP contribution in [0.5, 0.6) is 0 Å². The quantitative estimate of drug-likeness (QED) is 0.617. The van der Waals surface area contributed by atoms with Crippen molar-refractivity contribution in [3.05, 3.63) is 34.6 Å². The van der Waals surface area contributed by atoms with Gasteiger partial charge >= 0.3 is 0 Å². The number of nitrogens with two attached hydrogens (primary N) is 1. The predicted octanol–water partition coefficient (Wildman–Crippen LogP) is 2.78. The zero-order valence-electron chi connectivity index (χ0n) is 8.34. The summed E-state index contributed by atoms with van der Waals surface area (Å²) in [6.07, 6.45) is 3.54. The molecule has 0 amide bonds. The summed E-state index contributed by atoms with van der Waals surface area (Å²) in [5.41, 5.74) is 3.64. The largest absolute Gasteiger partial charge is 0.271 e. The van der Waals surface area contributed by atoms with Gasteiger partial charge in [-0.2, -0.15) is 0 Å². The van der Waals surface area contributed by atoms with E-state index in [1.54, 1.807) is 6.07 Å². The normalized spacial score (nSPS) is 18.6. The van der Waals surface area contributed by atoms with Gasteiger partial charge in [-0.1, -0.05) is 24.1 Å². The topological polar surface area (TPSA) is 38.0 Å². The lowest BCUT2D eigenvalue weighted by molar-refractivity contribution is 0.232. The molecule has 82 valence electrons. The van der Waals surface area contributed by atoms with Crippen molar-refractivity contribution in [2.45, 2.75) is 25.3 Å². The molecule has 3 N–H and O–H groups in total. The molecular formula is C11H14ClFN2. The predicted molar refractivity (Wildman–Crippen MR) is 58.8 cm³/mol. The molecule has 0 bridgehead atoms. The second kappa shape index (κ2) is 4.47. The SMILES string of the molecule is NNC(c1ccc(Cl)c(F)c1)C1CCC1. The van der Waals surface area contributed by atoms with Crippen molar-refractivity contribution in [1.82, 2.24) is 5.43 Å². The minimum absolute atomic E-state index is 0.0468. The number of hydrazine groups is 1. The average molecular weight is 229 g/mol. The highest BCUT2D eigenvalue weighted by Crippen LogP contribution is 2.37. The van der Waals surface area contributed by atoms with Crippen molar-refractivity contribution >= 4 is 11.6 Å². The van der Waals surface area contributed by atoms with Gasteiger partial charge in [0.2, 0.25) is 0 Å². The number of hydrogen-bond acceptors (Lipinski definition) is 2. The van der Waals surface area contributed by atoms with Gasteiger partial charge in [-0.15, -0.1) is 0 Å². The van der Waals surface area contributed by atoms with Crippen LogP contribution < -0.4 is 11.3 Å². The highest BCUT2D eigenvalue weighted by atomic mass is 35.5. The van der Waals surface area contributed by atoms with Crippen LogP contribution in [-0.2, 0) is 0 Å². The summed E-state index contributed by atoms with van der Waals surface area (Å²) >= 11 is 5.63. The third kappa shape index (κ3) is 2.14. The Labute approximate surface area is 93.6 Å². The minimum Gasteiger partial charge on any atom is -0.271 e. The van der Waals surface area contributed by atoms with E-state index in [1.165, 1.54) is 12.5 Å². The maximum atomic E-state index is 13.3. The maximum absolute atomic E-state index is 13.3. The third-order valence-electron chi connectivity index (χ3n) is 3.10. The van der Waals surface area contributed by atoms with Gasteiger partial charge < -0.3 is 0 Å². The summed E-state index contributed by atoms with van der Waals surface area (Å²) in [5, 5.41) is 0.156. The fourth-order valence-electron chi connectivity index (χ4n) is 1.98. The van der Waals surface area contributed by atoms with E-state index in [0.717, 1.165) is 18.4 Å². The van der Waals surface area contributed by atoms with E-state index in [-0.39, 0.29) is 16.9 Å². The molecule has 1 atom stereocenters. The first-order valence-electron chi connectivity index (χ1n) is 5.13. The molecule has 15 heavy (non-hydrogen) atoms. The van der Waals surface area contributed by atoms with Gasteiger partial charge in [-0.3, -0.25) is 11.3 Å². The molecule has 1 unspecified atom stereocenters. The molecule has 2 nitrogen and oxygen atoms in total. The van der Waals surface area contributed by atoms with Crippen LogP contribution in [-0.4, -0.2) is 0 Å². The second-order valence-corrected chi connectivity index (χ2v) is 4.42. The van der Waals surface area contributed by atoms with E-state index >= 15 is 0 Å². The molecule has 1 fully saturated rings. The Hall–Kier alpha value is -0.640. The Morgan fingerprint density at radius 1 is 1.47 bits per heavy atom. The number of hydrogen-bond donors (Lipinski definition) is 2. The van der Waals surface area contributed by atoms with Crippen LogP contribution in [0.15, 0.2) is 18.2 Å². The maximum Gasteiger partial charge on any atom is 0.142 e. The lowest BCUT2D eigenvalue weighted by Crippen LogP contribution is -2.36. The van der Waals surface area contributed by atoms with Gasteiger partial charge in [0.05, 0.1) is 5.02 Å². The molecule has 1 saturated carbocycles. The summed E-state index contributed by atoms with van der Waals surface area (Å²) in [7, 11) is 0. The smallest absolute Gasteiger partial charge is 0.142 e. The highest BCUT2D eigenvalue weighted by molar-refractivity contribution is 6.30. The van der Waals surface area contributed by atoms with Gasteiger partial charge in [-0.05, 0) is 36.5 Å². The average Bonchev–Trinajstić information content (AvgIpc) is 2.16. The van der Waals surface area contributed by atoms with E-state index < -0.39 is 0 Å². The number of rotatable bonds is 3. The summed E-state index contributed by atoms with van der Waals surface area (Å²) < 4.78 is 13.3. The standard InChI is InChI=1S/C11H14ClFN2/c12-9-5-4-8(6-10(9)13)11(15-14)7-2-1-3-7/h4-7,11,15H,1-3,14H2. The molecule has 1 aliphatic carbocycles. The van der Waals surface area contributed by atoms with Gasteiger partial charge in [0.15, 0.2) is 0 Å².